The Balaban J connectivity index is 0.962. The van der Waals surface area contributed by atoms with Crippen molar-refractivity contribution < 1.29 is 35.6 Å². The molecule has 402 valence electrons. The van der Waals surface area contributed by atoms with Crippen LogP contribution in [0.2, 0.25) is 0 Å². The van der Waals surface area contributed by atoms with Gasteiger partial charge in [0, 0.05) is 67.4 Å². The number of unbranched alkanes of at least 4 members (excludes halogenated alkanes) is 10. The van der Waals surface area contributed by atoms with E-state index in [0.29, 0.717) is 61.4 Å². The fraction of sp³-hybridized carbons (Fsp3) is 0.804. The van der Waals surface area contributed by atoms with Crippen LogP contribution in [-0.2, 0) is 28.1 Å². The van der Waals surface area contributed by atoms with E-state index in [0.717, 1.165) is 102 Å². The average molecular weight is 1040 g/mol. The fourth-order valence-corrected chi connectivity index (χ4v) is 12.2. The highest BCUT2D eigenvalue weighted by Gasteiger charge is 2.42. The Kier molecular flexibility index (Phi) is 28.2. The second-order valence-electron chi connectivity index (χ2n) is 19.5. The number of amides is 2. The van der Waals surface area contributed by atoms with E-state index in [1.165, 1.54) is 36.7 Å². The summed E-state index contributed by atoms with van der Waals surface area (Å²) in [5, 5.41) is 29.2. The van der Waals surface area contributed by atoms with Gasteiger partial charge in [0.25, 0.3) is 0 Å². The van der Waals surface area contributed by atoms with Gasteiger partial charge >= 0.3 is 20.2 Å². The van der Waals surface area contributed by atoms with Gasteiger partial charge in [-0.25, -0.2) is 14.3 Å². The van der Waals surface area contributed by atoms with Crippen LogP contribution in [-0.4, -0.2) is 139 Å². The minimum absolute atomic E-state index is 0.00571. The van der Waals surface area contributed by atoms with Gasteiger partial charge in [-0.15, -0.1) is 0 Å². The number of Topliss-reactive ketones (excluding diaryl/α,β-unsaturated/α-hetero) is 2. The number of anilines is 1. The molecule has 3 aliphatic heterocycles. The minimum atomic E-state index is -1.67. The maximum Gasteiger partial charge on any atom is 0.351 e. The van der Waals surface area contributed by atoms with Crippen molar-refractivity contribution >= 4 is 43.7 Å². The van der Waals surface area contributed by atoms with Crippen LogP contribution in [0.5, 0.6) is 0 Å². The second-order valence-corrected chi connectivity index (χ2v) is 22.1. The molecule has 4 heterocycles. The number of carbonyl (C=O) groups excluding carboxylic acids is 3. The number of hydrogen-bond acceptors (Lipinski definition) is 16. The topological polar surface area (TPSA) is 222 Å². The summed E-state index contributed by atoms with van der Waals surface area (Å²) in [6.07, 6.45) is 18.9. The first-order valence-corrected chi connectivity index (χ1v) is 28.7. The normalized spacial score (nSPS) is 20.9. The number of nitriles is 1. The summed E-state index contributed by atoms with van der Waals surface area (Å²) in [4.78, 5) is 53.9. The average Bonchev–Trinajstić information content (AvgIpc) is 4.04. The van der Waals surface area contributed by atoms with Crippen LogP contribution >= 0.6 is 20.3 Å². The Morgan fingerprint density at radius 3 is 2.15 bits per heavy atom. The standard InChI is InChI=1S/C51H89N10O8PS/c1-38(2)61(39(3)4)70(67-31-21-25-52)69-44-32-47(68-45(44)36-66-6)60-35-40(5)49(59-51(60)65)56-30-20-10-9-17-28-54-33-42(63)23-14-12-19-29-55-34-41(62)22-13-11-18-27-53-26-16-8-7-15-24-46-48-43(37-71-46)57-50(64)58-48/h32,35,38-39,43,45-48,53-55H,7-24,26-31,33-34,36-37H2,1-6H3,(H,56,59,65)(H2,57,58,64)/i6TD. The summed E-state index contributed by atoms with van der Waals surface area (Å²) >= 11 is 1.99. The van der Waals surface area contributed by atoms with E-state index < -0.39 is 33.6 Å². The largest absolute Gasteiger partial charge is 0.438 e. The SMILES string of the molecule is [2H]C([3H])OCC1OC(n2cc(C)c(NCCCCCCNCC(=O)CCCCCNCC(=O)CCCCCNCCCCCCC3SCC4NC(=O)NC43)nc2=O)C=C1OP(OCCC#N)N(C(C)C)C(C)C. The Bertz CT molecular complexity index is 1910. The number of aryl methyl sites for hydroxylation is 1. The van der Waals surface area contributed by atoms with E-state index in [1.54, 1.807) is 12.3 Å². The number of ketones is 2. The monoisotopic (exact) mass is 1040 g/mol. The van der Waals surface area contributed by atoms with E-state index >= 15 is 0 Å². The molecule has 18 nitrogen and oxygen atoms in total. The maximum absolute atomic E-state index is 13.3. The van der Waals surface area contributed by atoms with Crippen LogP contribution in [0.15, 0.2) is 22.8 Å². The van der Waals surface area contributed by atoms with Gasteiger partial charge in [-0.3, -0.25) is 14.2 Å². The van der Waals surface area contributed by atoms with Crippen LogP contribution in [0.1, 0.15) is 158 Å². The van der Waals surface area contributed by atoms with Gasteiger partial charge in [-0.2, -0.15) is 22.0 Å². The van der Waals surface area contributed by atoms with E-state index in [1.807, 2.05) is 46.4 Å². The molecular formula is C51H89N10O8PS. The minimum Gasteiger partial charge on any atom is -0.438 e. The molecule has 1 aromatic rings. The van der Waals surface area contributed by atoms with Gasteiger partial charge in [-0.1, -0.05) is 44.9 Å². The predicted octanol–water partition coefficient (Wildman–Crippen LogP) is 7.39. The number of carbonyl (C=O) groups is 3. The fourth-order valence-electron chi connectivity index (χ4n) is 9.05. The quantitative estimate of drug-likeness (QED) is 0.0214. The summed E-state index contributed by atoms with van der Waals surface area (Å²) in [6, 6.07) is 2.83. The zero-order chi connectivity index (χ0) is 52.8. The maximum atomic E-state index is 13.3. The molecule has 0 saturated carbocycles. The molecule has 0 bridgehead atoms. The number of methoxy groups -OCH3 is 1. The molecule has 2 amide bonds. The molecule has 2 saturated heterocycles. The number of hydrogen-bond donors (Lipinski definition) is 6. The molecule has 71 heavy (non-hydrogen) atoms. The molecule has 0 aliphatic carbocycles. The lowest BCUT2D eigenvalue weighted by atomic mass is 10.0. The van der Waals surface area contributed by atoms with Crippen molar-refractivity contribution in [3.05, 3.63) is 34.1 Å². The van der Waals surface area contributed by atoms with Crippen molar-refractivity contribution in [2.24, 2.45) is 0 Å². The number of fused-ring (bicyclic) bond motifs is 1. The molecule has 7 unspecified atom stereocenters. The molecule has 6 N–H and O–H groups in total. The Labute approximate surface area is 433 Å². The van der Waals surface area contributed by atoms with Gasteiger partial charge in [0.15, 0.2) is 6.23 Å². The summed E-state index contributed by atoms with van der Waals surface area (Å²) in [6.45, 7) is 15.1. The number of rotatable bonds is 42. The number of nitrogens with one attached hydrogen (secondary N) is 6. The smallest absolute Gasteiger partial charge is 0.351 e. The van der Waals surface area contributed by atoms with Gasteiger partial charge in [0.1, 0.15) is 29.2 Å². The third-order valence-corrected chi connectivity index (χ3v) is 16.4. The Morgan fingerprint density at radius 1 is 0.930 bits per heavy atom. The van der Waals surface area contributed by atoms with Crippen molar-refractivity contribution in [1.82, 2.24) is 40.8 Å². The number of thioether (sulfide) groups is 1. The van der Waals surface area contributed by atoms with Crippen LogP contribution in [0.25, 0.3) is 0 Å². The third-order valence-electron chi connectivity index (χ3n) is 12.8. The van der Waals surface area contributed by atoms with Crippen LogP contribution in [0.3, 0.4) is 0 Å². The molecule has 20 heteroatoms. The van der Waals surface area contributed by atoms with E-state index in [9.17, 15) is 19.2 Å². The second kappa shape index (κ2) is 35.1. The van der Waals surface area contributed by atoms with Gasteiger partial charge in [-0.05, 0) is 112 Å². The first-order valence-electron chi connectivity index (χ1n) is 27.7. The van der Waals surface area contributed by atoms with Crippen molar-refractivity contribution in [1.29, 1.82) is 5.26 Å². The molecule has 0 spiro atoms. The Morgan fingerprint density at radius 2 is 1.54 bits per heavy atom. The number of urea groups is 1. The number of ether oxygens (including phenoxy) is 2. The Hall–Kier alpha value is -3.18. The molecule has 4 rings (SSSR count). The lowest BCUT2D eigenvalue weighted by molar-refractivity contribution is -0.119. The molecule has 7 atom stereocenters. The van der Waals surface area contributed by atoms with Crippen LogP contribution in [0.4, 0.5) is 10.6 Å². The van der Waals surface area contributed by atoms with Crippen molar-refractivity contribution in [2.75, 3.05) is 77.2 Å². The number of aromatic nitrogens is 2. The van der Waals surface area contributed by atoms with Crippen molar-refractivity contribution in [3.63, 3.8) is 0 Å². The highest BCUT2D eigenvalue weighted by Crippen LogP contribution is 2.50. The zero-order valence-electron chi connectivity index (χ0n) is 45.5. The third kappa shape index (κ3) is 22.9. The molecule has 3 aliphatic rings. The molecular weight excluding hydrogens is 944 g/mol. The van der Waals surface area contributed by atoms with Gasteiger partial charge < -0.3 is 50.4 Å². The van der Waals surface area contributed by atoms with E-state index in [-0.39, 0.29) is 49.3 Å². The molecule has 0 aromatic carbocycles. The molecule has 1 aromatic heterocycles. The number of nitrogens with zero attached hydrogens (tertiary/aromatic N) is 4. The highest BCUT2D eigenvalue weighted by atomic mass is 32.2. The van der Waals surface area contributed by atoms with Gasteiger partial charge in [0.2, 0.25) is 0 Å². The first-order chi connectivity index (χ1) is 35.3. The summed E-state index contributed by atoms with van der Waals surface area (Å²) in [5.74, 6) is 2.39. The highest BCUT2D eigenvalue weighted by molar-refractivity contribution is 8.00. The van der Waals surface area contributed by atoms with Crippen molar-refractivity contribution in [2.45, 2.75) is 192 Å². The first kappa shape index (κ1) is 57.1. The van der Waals surface area contributed by atoms with Crippen LogP contribution in [0, 0.1) is 18.3 Å². The van der Waals surface area contributed by atoms with Crippen molar-refractivity contribution in [3.8, 4) is 6.07 Å². The lowest BCUT2D eigenvalue weighted by Gasteiger charge is -2.35. The summed E-state index contributed by atoms with van der Waals surface area (Å²) < 4.78 is 42.5. The zero-order valence-corrected chi connectivity index (χ0v) is 45.2. The van der Waals surface area contributed by atoms with Crippen LogP contribution < -0.4 is 37.6 Å². The molecule has 0 radical (unpaired) electrons. The lowest BCUT2D eigenvalue weighted by Crippen LogP contribution is -2.36. The predicted molar refractivity (Wildman–Crippen MR) is 284 cm³/mol. The van der Waals surface area contributed by atoms with E-state index in [4.69, 9.17) is 26.5 Å². The summed E-state index contributed by atoms with van der Waals surface area (Å²) in [5.41, 5.74) is 0.239. The molecule has 2 fully saturated rings. The van der Waals surface area contributed by atoms with Gasteiger partial charge in [0.05, 0.1) is 53.6 Å². The van der Waals surface area contributed by atoms with E-state index in [2.05, 4.69) is 47.6 Å². The summed E-state index contributed by atoms with van der Waals surface area (Å²) in [7, 11) is -3.21.